The van der Waals surface area contributed by atoms with Crippen LogP contribution in [0.15, 0.2) is 30.3 Å². The highest BCUT2D eigenvalue weighted by Gasteiger charge is 2.64. The average molecular weight is 432 g/mol. The SMILES string of the molecule is CO[C@](C(=O)N1CCC[C@H]1CO[Si](C)(C)C(C)(C)C)(c1ccccc1)C(F)(F)F. The highest BCUT2D eigenvalue weighted by molar-refractivity contribution is 6.74. The Kier molecular flexibility index (Phi) is 6.92. The fourth-order valence-electron chi connectivity index (χ4n) is 3.40. The van der Waals surface area contributed by atoms with Gasteiger partial charge in [-0.25, -0.2) is 0 Å². The molecule has 0 saturated carbocycles. The molecule has 0 aromatic heterocycles. The third-order valence-corrected chi connectivity index (χ3v) is 10.8. The standard InChI is InChI=1S/C21H32F3NO3Si/c1-19(2,3)29(5,6)28-15-17-13-10-14-25(17)18(26)20(27-4,21(22,23)24)16-11-8-7-9-12-16/h7-9,11-12,17H,10,13-15H2,1-6H3/t17-,20-/m0/s1. The summed E-state index contributed by atoms with van der Waals surface area (Å²) in [5.41, 5.74) is -3.23. The van der Waals surface area contributed by atoms with E-state index in [0.29, 0.717) is 12.8 Å². The van der Waals surface area contributed by atoms with E-state index >= 15 is 0 Å². The van der Waals surface area contributed by atoms with E-state index in [1.807, 2.05) is 0 Å². The van der Waals surface area contributed by atoms with Gasteiger partial charge in [-0.1, -0.05) is 51.1 Å². The summed E-state index contributed by atoms with van der Waals surface area (Å²) in [6, 6.07) is 6.74. The fraction of sp³-hybridized carbons (Fsp3) is 0.667. The summed E-state index contributed by atoms with van der Waals surface area (Å²) >= 11 is 0. The van der Waals surface area contributed by atoms with Crippen LogP contribution in [0.5, 0.6) is 0 Å². The monoisotopic (exact) mass is 431 g/mol. The first-order valence-electron chi connectivity index (χ1n) is 9.90. The van der Waals surface area contributed by atoms with Crippen LogP contribution in [0, 0.1) is 0 Å². The molecule has 2 rings (SSSR count). The van der Waals surface area contributed by atoms with E-state index in [4.69, 9.17) is 9.16 Å². The lowest BCUT2D eigenvalue weighted by atomic mass is 9.90. The smallest absolute Gasteiger partial charge is 0.415 e. The summed E-state index contributed by atoms with van der Waals surface area (Å²) in [5, 5.41) is -0.0211. The van der Waals surface area contributed by atoms with Gasteiger partial charge < -0.3 is 14.1 Å². The fourth-order valence-corrected chi connectivity index (χ4v) is 4.44. The largest absolute Gasteiger partial charge is 0.430 e. The van der Waals surface area contributed by atoms with Gasteiger partial charge in [-0.2, -0.15) is 13.2 Å². The molecule has 0 unspecified atom stereocenters. The molecule has 0 aliphatic carbocycles. The van der Waals surface area contributed by atoms with Crippen molar-refractivity contribution >= 4 is 14.2 Å². The number of hydrogen-bond donors (Lipinski definition) is 0. The number of carbonyl (C=O) groups is 1. The lowest BCUT2D eigenvalue weighted by Crippen LogP contribution is -2.58. The Bertz CT molecular complexity index is 703. The molecule has 8 heteroatoms. The summed E-state index contributed by atoms with van der Waals surface area (Å²) in [7, 11) is -1.14. The van der Waals surface area contributed by atoms with Crippen molar-refractivity contribution in [2.45, 2.75) is 69.6 Å². The van der Waals surface area contributed by atoms with Gasteiger partial charge in [-0.05, 0) is 31.0 Å². The molecule has 1 aliphatic rings. The maximum absolute atomic E-state index is 14.2. The van der Waals surface area contributed by atoms with Crippen LogP contribution in [0.4, 0.5) is 13.2 Å². The number of likely N-dealkylation sites (tertiary alicyclic amines) is 1. The molecule has 2 atom stereocenters. The van der Waals surface area contributed by atoms with Gasteiger partial charge >= 0.3 is 6.18 Å². The number of rotatable bonds is 6. The van der Waals surface area contributed by atoms with Crippen LogP contribution in [0.25, 0.3) is 0 Å². The van der Waals surface area contributed by atoms with Gasteiger partial charge in [0.1, 0.15) is 0 Å². The molecule has 1 aromatic rings. The third kappa shape index (κ3) is 4.54. The highest BCUT2D eigenvalue weighted by Crippen LogP contribution is 2.44. The van der Waals surface area contributed by atoms with Crippen molar-refractivity contribution in [3.63, 3.8) is 0 Å². The van der Waals surface area contributed by atoms with E-state index in [0.717, 1.165) is 7.11 Å². The Labute approximate surface area is 172 Å². The second kappa shape index (κ2) is 8.39. The van der Waals surface area contributed by atoms with Gasteiger partial charge in [0.05, 0.1) is 12.6 Å². The number of amides is 1. The van der Waals surface area contributed by atoms with Gasteiger partial charge in [0.25, 0.3) is 11.5 Å². The normalized spacial score (nSPS) is 20.6. The molecule has 0 radical (unpaired) electrons. The van der Waals surface area contributed by atoms with Gasteiger partial charge in [0, 0.05) is 19.2 Å². The molecule has 29 heavy (non-hydrogen) atoms. The van der Waals surface area contributed by atoms with E-state index < -0.39 is 32.0 Å². The van der Waals surface area contributed by atoms with Crippen LogP contribution in [-0.4, -0.2) is 51.6 Å². The number of nitrogens with zero attached hydrogens (tertiary/aromatic N) is 1. The van der Waals surface area contributed by atoms with E-state index in [-0.39, 0.29) is 23.8 Å². The molecule has 1 heterocycles. The topological polar surface area (TPSA) is 38.8 Å². The molecule has 0 spiro atoms. The first-order chi connectivity index (χ1) is 13.3. The molecule has 0 N–H and O–H groups in total. The maximum atomic E-state index is 14.2. The molecule has 1 fully saturated rings. The molecule has 1 aromatic carbocycles. The van der Waals surface area contributed by atoms with Crippen molar-refractivity contribution in [1.29, 1.82) is 0 Å². The third-order valence-electron chi connectivity index (χ3n) is 6.27. The molecule has 0 bridgehead atoms. The Morgan fingerprint density at radius 1 is 1.17 bits per heavy atom. The van der Waals surface area contributed by atoms with Gasteiger partial charge in [-0.3, -0.25) is 4.79 Å². The number of methoxy groups -OCH3 is 1. The van der Waals surface area contributed by atoms with E-state index in [1.165, 1.54) is 29.2 Å². The summed E-state index contributed by atoms with van der Waals surface area (Å²) in [5.74, 6) is -1.07. The number of carbonyl (C=O) groups excluding carboxylic acids is 1. The van der Waals surface area contributed by atoms with Crippen LogP contribution >= 0.6 is 0 Å². The van der Waals surface area contributed by atoms with E-state index in [9.17, 15) is 18.0 Å². The Hall–Kier alpha value is -1.38. The summed E-state index contributed by atoms with van der Waals surface area (Å²) < 4.78 is 53.9. The maximum Gasteiger partial charge on any atom is 0.430 e. The zero-order valence-electron chi connectivity index (χ0n) is 18.1. The first kappa shape index (κ1) is 23.9. The van der Waals surface area contributed by atoms with Crippen LogP contribution in [0.2, 0.25) is 18.1 Å². The molecule has 4 nitrogen and oxygen atoms in total. The minimum absolute atomic E-state index is 0.0211. The molecule has 1 saturated heterocycles. The van der Waals surface area contributed by atoms with Crippen LogP contribution < -0.4 is 0 Å². The molecular weight excluding hydrogens is 399 g/mol. The summed E-state index contributed by atoms with van der Waals surface area (Å²) in [4.78, 5) is 14.6. The zero-order chi connectivity index (χ0) is 22.1. The van der Waals surface area contributed by atoms with Crippen molar-refractivity contribution in [3.05, 3.63) is 35.9 Å². The van der Waals surface area contributed by atoms with Crippen molar-refractivity contribution in [2.24, 2.45) is 0 Å². The number of halogens is 3. The minimum atomic E-state index is -4.90. The van der Waals surface area contributed by atoms with Gasteiger partial charge in [0.15, 0.2) is 8.32 Å². The van der Waals surface area contributed by atoms with Gasteiger partial charge in [-0.15, -0.1) is 0 Å². The van der Waals surface area contributed by atoms with E-state index in [1.54, 1.807) is 6.07 Å². The Morgan fingerprint density at radius 3 is 2.24 bits per heavy atom. The summed E-state index contributed by atoms with van der Waals surface area (Å²) in [6.07, 6.45) is -3.63. The van der Waals surface area contributed by atoms with E-state index in [2.05, 4.69) is 33.9 Å². The second-order valence-corrected chi connectivity index (χ2v) is 13.9. The lowest BCUT2D eigenvalue weighted by Gasteiger charge is -2.40. The predicted octanol–water partition coefficient (Wildman–Crippen LogP) is 5.10. The molecule has 164 valence electrons. The van der Waals surface area contributed by atoms with Crippen LogP contribution in [0.1, 0.15) is 39.2 Å². The zero-order valence-corrected chi connectivity index (χ0v) is 19.1. The summed E-state index contributed by atoms with van der Waals surface area (Å²) in [6.45, 7) is 11.0. The van der Waals surface area contributed by atoms with Crippen LogP contribution in [0.3, 0.4) is 0 Å². The second-order valence-electron chi connectivity index (χ2n) is 9.12. The molecule has 1 amide bonds. The lowest BCUT2D eigenvalue weighted by molar-refractivity contribution is -0.270. The Morgan fingerprint density at radius 2 is 1.76 bits per heavy atom. The number of ether oxygens (including phenoxy) is 1. The average Bonchev–Trinajstić information content (AvgIpc) is 3.08. The first-order valence-corrected chi connectivity index (χ1v) is 12.8. The van der Waals surface area contributed by atoms with Crippen molar-refractivity contribution in [1.82, 2.24) is 4.90 Å². The minimum Gasteiger partial charge on any atom is -0.415 e. The molecule has 1 aliphatic heterocycles. The Balaban J connectivity index is 2.33. The quantitative estimate of drug-likeness (QED) is 0.588. The number of alkyl halides is 3. The predicted molar refractivity (Wildman–Crippen MR) is 109 cm³/mol. The number of benzene rings is 1. The van der Waals surface area contributed by atoms with Crippen molar-refractivity contribution in [3.8, 4) is 0 Å². The van der Waals surface area contributed by atoms with Crippen molar-refractivity contribution in [2.75, 3.05) is 20.3 Å². The number of hydrogen-bond acceptors (Lipinski definition) is 3. The van der Waals surface area contributed by atoms with Gasteiger partial charge in [0.2, 0.25) is 0 Å². The van der Waals surface area contributed by atoms with Crippen LogP contribution in [-0.2, 0) is 19.6 Å². The molecular formula is C21H32F3NO3Si. The highest BCUT2D eigenvalue weighted by atomic mass is 28.4. The van der Waals surface area contributed by atoms with Crippen molar-refractivity contribution < 1.29 is 27.1 Å².